The van der Waals surface area contributed by atoms with Gasteiger partial charge in [0.25, 0.3) is 0 Å². The van der Waals surface area contributed by atoms with Crippen LogP contribution in [-0.4, -0.2) is 11.1 Å². The van der Waals surface area contributed by atoms with Crippen molar-refractivity contribution < 1.29 is 9.90 Å². The maximum atomic E-state index is 11.2. The number of hydrogen-bond acceptors (Lipinski definition) is 2. The molecule has 3 N–H and O–H groups in total. The summed E-state index contributed by atoms with van der Waals surface area (Å²) in [6, 6.07) is 16.2. The zero-order valence-corrected chi connectivity index (χ0v) is 12.5. The van der Waals surface area contributed by atoms with E-state index in [9.17, 15) is 9.90 Å². The average Bonchev–Trinajstić information content (AvgIpc) is 2.53. The fourth-order valence-electron chi connectivity index (χ4n) is 2.96. The Morgan fingerprint density at radius 2 is 1.82 bits per heavy atom. The van der Waals surface area contributed by atoms with E-state index in [0.717, 1.165) is 32.8 Å². The highest BCUT2D eigenvalue weighted by atomic mass is 16.4. The standard InChI is InChI=1S/C19H19NO2/c1-2-13(19(21)22)9-12-7-8-15-11-14-5-3-4-6-16(14)18(20)17(15)10-12/h3-8,10-11,13H,2,9,20H2,1H3,(H,21,22). The second kappa shape index (κ2) is 5.68. The summed E-state index contributed by atoms with van der Waals surface area (Å²) >= 11 is 0. The summed E-state index contributed by atoms with van der Waals surface area (Å²) in [5.41, 5.74) is 8.11. The molecule has 3 aromatic rings. The van der Waals surface area contributed by atoms with Crippen molar-refractivity contribution in [2.75, 3.05) is 5.73 Å². The molecule has 112 valence electrons. The average molecular weight is 293 g/mol. The number of benzene rings is 3. The van der Waals surface area contributed by atoms with Crippen LogP contribution in [-0.2, 0) is 11.2 Å². The smallest absolute Gasteiger partial charge is 0.306 e. The van der Waals surface area contributed by atoms with Crippen LogP contribution < -0.4 is 5.73 Å². The van der Waals surface area contributed by atoms with E-state index in [0.29, 0.717) is 12.8 Å². The number of nitrogens with two attached hydrogens (primary N) is 1. The van der Waals surface area contributed by atoms with Gasteiger partial charge in [0, 0.05) is 16.5 Å². The Hall–Kier alpha value is -2.55. The number of fused-ring (bicyclic) bond motifs is 2. The van der Waals surface area contributed by atoms with Crippen molar-refractivity contribution in [1.82, 2.24) is 0 Å². The van der Waals surface area contributed by atoms with Gasteiger partial charge in [0.05, 0.1) is 5.92 Å². The van der Waals surface area contributed by atoms with Crippen LogP contribution in [0.5, 0.6) is 0 Å². The number of anilines is 1. The number of hydrogen-bond donors (Lipinski definition) is 2. The molecule has 0 bridgehead atoms. The van der Waals surface area contributed by atoms with Crippen LogP contribution in [0.25, 0.3) is 21.5 Å². The van der Waals surface area contributed by atoms with Gasteiger partial charge in [0.2, 0.25) is 0 Å². The molecular weight excluding hydrogens is 274 g/mol. The minimum atomic E-state index is -0.742. The van der Waals surface area contributed by atoms with E-state index in [1.54, 1.807) is 0 Å². The Balaban J connectivity index is 2.11. The fourth-order valence-corrected chi connectivity index (χ4v) is 2.96. The molecule has 0 amide bonds. The normalized spacial score (nSPS) is 12.6. The first-order valence-corrected chi connectivity index (χ1v) is 7.52. The highest BCUT2D eigenvalue weighted by Gasteiger charge is 2.16. The van der Waals surface area contributed by atoms with Crippen molar-refractivity contribution in [3.8, 4) is 0 Å². The minimum Gasteiger partial charge on any atom is -0.481 e. The molecule has 1 unspecified atom stereocenters. The van der Waals surface area contributed by atoms with E-state index in [1.165, 1.54) is 0 Å². The summed E-state index contributed by atoms with van der Waals surface area (Å²) in [5.74, 6) is -1.09. The zero-order valence-electron chi connectivity index (χ0n) is 12.5. The third-order valence-electron chi connectivity index (χ3n) is 4.29. The van der Waals surface area contributed by atoms with Gasteiger partial charge in [-0.2, -0.15) is 0 Å². The molecule has 3 heteroatoms. The second-order valence-corrected chi connectivity index (χ2v) is 5.71. The van der Waals surface area contributed by atoms with Gasteiger partial charge in [-0.25, -0.2) is 0 Å². The van der Waals surface area contributed by atoms with Crippen LogP contribution in [0.1, 0.15) is 18.9 Å². The first-order valence-electron chi connectivity index (χ1n) is 7.52. The quantitative estimate of drug-likeness (QED) is 0.559. The largest absolute Gasteiger partial charge is 0.481 e. The predicted octanol–water partition coefficient (Wildman–Crippen LogP) is 4.23. The molecule has 22 heavy (non-hydrogen) atoms. The Bertz CT molecular complexity index is 855. The molecule has 0 aliphatic carbocycles. The molecule has 0 aliphatic rings. The van der Waals surface area contributed by atoms with Gasteiger partial charge in [-0.05, 0) is 41.3 Å². The maximum absolute atomic E-state index is 11.2. The molecule has 3 aromatic carbocycles. The Kier molecular flexibility index (Phi) is 3.72. The number of carbonyl (C=O) groups is 1. The minimum absolute atomic E-state index is 0.348. The fraction of sp³-hybridized carbons (Fsp3) is 0.211. The van der Waals surface area contributed by atoms with E-state index in [-0.39, 0.29) is 5.92 Å². The Morgan fingerprint density at radius 3 is 2.55 bits per heavy atom. The highest BCUT2D eigenvalue weighted by molar-refractivity contribution is 6.10. The summed E-state index contributed by atoms with van der Waals surface area (Å²) in [4.78, 5) is 11.2. The van der Waals surface area contributed by atoms with Crippen LogP contribution in [0.2, 0.25) is 0 Å². The zero-order chi connectivity index (χ0) is 15.7. The third-order valence-corrected chi connectivity index (χ3v) is 4.29. The molecule has 0 aromatic heterocycles. The van der Waals surface area contributed by atoms with Crippen LogP contribution in [0.4, 0.5) is 5.69 Å². The number of rotatable bonds is 4. The summed E-state index contributed by atoms with van der Waals surface area (Å²) in [5, 5.41) is 13.5. The van der Waals surface area contributed by atoms with Crippen molar-refractivity contribution in [2.24, 2.45) is 5.92 Å². The van der Waals surface area contributed by atoms with Crippen molar-refractivity contribution in [1.29, 1.82) is 0 Å². The lowest BCUT2D eigenvalue weighted by molar-refractivity contribution is -0.141. The molecule has 0 saturated carbocycles. The van der Waals surface area contributed by atoms with Crippen molar-refractivity contribution in [3.63, 3.8) is 0 Å². The van der Waals surface area contributed by atoms with Gasteiger partial charge in [-0.15, -0.1) is 0 Å². The molecule has 0 heterocycles. The van der Waals surface area contributed by atoms with Gasteiger partial charge in [-0.3, -0.25) is 4.79 Å². The van der Waals surface area contributed by atoms with Gasteiger partial charge in [0.1, 0.15) is 0 Å². The molecule has 3 rings (SSSR count). The van der Waals surface area contributed by atoms with Gasteiger partial charge >= 0.3 is 5.97 Å². The summed E-state index contributed by atoms with van der Waals surface area (Å²) in [6.45, 7) is 1.90. The van der Waals surface area contributed by atoms with Crippen molar-refractivity contribution in [3.05, 3.63) is 54.1 Å². The van der Waals surface area contributed by atoms with Crippen LogP contribution in [0.15, 0.2) is 48.5 Å². The molecule has 3 nitrogen and oxygen atoms in total. The number of carboxylic acid groups (broad SMARTS) is 1. The number of nitrogen functional groups attached to an aromatic ring is 1. The number of aliphatic carboxylic acids is 1. The SMILES string of the molecule is CCC(Cc1ccc2cc3ccccc3c(N)c2c1)C(=O)O. The van der Waals surface area contributed by atoms with Crippen molar-refractivity contribution in [2.45, 2.75) is 19.8 Å². The number of carboxylic acids is 1. The lowest BCUT2D eigenvalue weighted by Crippen LogP contribution is -2.15. The summed E-state index contributed by atoms with van der Waals surface area (Å²) in [6.07, 6.45) is 1.16. The van der Waals surface area contributed by atoms with Gasteiger partial charge in [0.15, 0.2) is 0 Å². The van der Waals surface area contributed by atoms with Gasteiger partial charge in [-0.1, -0.05) is 43.3 Å². The van der Waals surface area contributed by atoms with E-state index in [1.807, 2.05) is 43.3 Å². The molecule has 0 spiro atoms. The summed E-state index contributed by atoms with van der Waals surface area (Å²) < 4.78 is 0. The second-order valence-electron chi connectivity index (χ2n) is 5.71. The molecule has 0 radical (unpaired) electrons. The molecule has 1 atom stereocenters. The van der Waals surface area contributed by atoms with E-state index < -0.39 is 5.97 Å². The van der Waals surface area contributed by atoms with E-state index in [4.69, 9.17) is 5.73 Å². The molecule has 0 saturated heterocycles. The first kappa shape index (κ1) is 14.4. The van der Waals surface area contributed by atoms with Crippen LogP contribution >= 0.6 is 0 Å². The maximum Gasteiger partial charge on any atom is 0.306 e. The third kappa shape index (κ3) is 2.50. The van der Waals surface area contributed by atoms with E-state index in [2.05, 4.69) is 12.1 Å². The van der Waals surface area contributed by atoms with Crippen LogP contribution in [0.3, 0.4) is 0 Å². The highest BCUT2D eigenvalue weighted by Crippen LogP contribution is 2.31. The molecule has 0 aliphatic heterocycles. The first-order chi connectivity index (χ1) is 10.6. The van der Waals surface area contributed by atoms with Crippen molar-refractivity contribution >= 4 is 33.2 Å². The monoisotopic (exact) mass is 293 g/mol. The lowest BCUT2D eigenvalue weighted by Gasteiger charge is -2.12. The summed E-state index contributed by atoms with van der Waals surface area (Å²) in [7, 11) is 0. The predicted molar refractivity (Wildman–Crippen MR) is 91.0 cm³/mol. The molecular formula is C19H19NO2. The van der Waals surface area contributed by atoms with Gasteiger partial charge < -0.3 is 10.8 Å². The van der Waals surface area contributed by atoms with Crippen LogP contribution in [0, 0.1) is 5.92 Å². The van der Waals surface area contributed by atoms with E-state index >= 15 is 0 Å². The molecule has 0 fully saturated rings. The lowest BCUT2D eigenvalue weighted by atomic mass is 9.94. The Morgan fingerprint density at radius 1 is 1.09 bits per heavy atom. The Labute approximate surface area is 129 Å². The topological polar surface area (TPSA) is 63.3 Å².